The van der Waals surface area contributed by atoms with Gasteiger partial charge in [-0.1, -0.05) is 80.9 Å². The smallest absolute Gasteiger partial charge is 0.243 e. The number of benzene rings is 2. The van der Waals surface area contributed by atoms with Gasteiger partial charge in [-0.25, -0.2) is 0 Å². The quantitative estimate of drug-likeness (QED) is 0.0328. The molecule has 0 saturated heterocycles. The summed E-state index contributed by atoms with van der Waals surface area (Å²) in [6, 6.07) is 11.1. The van der Waals surface area contributed by atoms with Crippen LogP contribution in [0.3, 0.4) is 0 Å². The minimum atomic E-state index is -1.29. The Kier molecular flexibility index (Phi) is 26.8. The zero-order valence-electron chi connectivity index (χ0n) is 38.0. The molecule has 6 atom stereocenters. The summed E-state index contributed by atoms with van der Waals surface area (Å²) >= 11 is 5.49. The lowest BCUT2D eigenvalue weighted by Gasteiger charge is -2.26. The fourth-order valence-corrected chi connectivity index (χ4v) is 7.17. The largest absolute Gasteiger partial charge is 0.370 e. The van der Waals surface area contributed by atoms with Crippen molar-refractivity contribution in [3.63, 3.8) is 0 Å². The number of nitrogens with two attached hydrogens (primary N) is 3. The molecule has 2 aromatic rings. The molecule has 0 aliphatic heterocycles. The highest BCUT2D eigenvalue weighted by atomic mass is 32.2. The predicted molar refractivity (Wildman–Crippen MR) is 256 cm³/mol. The molecular weight excluding hydrogens is 889 g/mol. The zero-order chi connectivity index (χ0) is 49.0. The number of carbonyl (C=O) groups excluding carboxylic acids is 9. The van der Waals surface area contributed by atoms with Gasteiger partial charge in [0.15, 0.2) is 0 Å². The van der Waals surface area contributed by atoms with E-state index < -0.39 is 90.1 Å². The average molecular weight is 957 g/mol. The van der Waals surface area contributed by atoms with Crippen LogP contribution in [-0.2, 0) is 56.0 Å². The molecule has 0 heterocycles. The van der Waals surface area contributed by atoms with Crippen LogP contribution < -0.4 is 54.4 Å². The van der Waals surface area contributed by atoms with Crippen LogP contribution in [0.5, 0.6) is 0 Å². The summed E-state index contributed by atoms with van der Waals surface area (Å²) in [7, 11) is 0. The van der Waals surface area contributed by atoms with Crippen LogP contribution in [0.4, 0.5) is 0 Å². The second kappa shape index (κ2) is 31.3. The molecule has 0 spiro atoms. The van der Waals surface area contributed by atoms with Crippen LogP contribution in [0.2, 0.25) is 0 Å². The van der Waals surface area contributed by atoms with Crippen molar-refractivity contribution in [3.05, 3.63) is 71.8 Å². The van der Waals surface area contributed by atoms with E-state index in [0.29, 0.717) is 49.1 Å². The molecule has 0 radical (unpaired) electrons. The maximum atomic E-state index is 14.2. The highest BCUT2D eigenvalue weighted by Crippen LogP contribution is 2.11. The maximum Gasteiger partial charge on any atom is 0.243 e. The monoisotopic (exact) mass is 956 g/mol. The Morgan fingerprint density at radius 2 is 1.12 bits per heavy atom. The minimum Gasteiger partial charge on any atom is -0.370 e. The van der Waals surface area contributed by atoms with Crippen LogP contribution in [0.25, 0.3) is 0 Å². The molecule has 364 valence electrons. The molecule has 0 aliphatic carbocycles. The number of rotatable bonds is 32. The van der Waals surface area contributed by atoms with Crippen molar-refractivity contribution in [2.75, 3.05) is 30.9 Å². The summed E-state index contributed by atoms with van der Waals surface area (Å²) in [5.74, 6) is -5.05. The highest BCUT2D eigenvalue weighted by molar-refractivity contribution is 7.98. The topological polar surface area (TPSA) is 316 Å². The molecule has 0 aliphatic rings. The van der Waals surface area contributed by atoms with Crippen LogP contribution in [0.15, 0.2) is 60.7 Å². The lowest BCUT2D eigenvalue weighted by atomic mass is 10.0. The van der Waals surface area contributed by atoms with Crippen LogP contribution in [-0.4, -0.2) is 120 Å². The van der Waals surface area contributed by atoms with E-state index in [1.54, 1.807) is 60.7 Å². The number of unbranched alkanes of at least 4 members (excludes halogenated alkanes) is 2. The highest BCUT2D eigenvalue weighted by Gasteiger charge is 2.31. The van der Waals surface area contributed by atoms with Crippen molar-refractivity contribution < 1.29 is 43.2 Å². The molecule has 2 rings (SSSR count). The molecule has 0 fully saturated rings. The summed E-state index contributed by atoms with van der Waals surface area (Å²) in [6.07, 6.45) is 3.56. The van der Waals surface area contributed by atoms with Gasteiger partial charge in [0.25, 0.3) is 0 Å². The van der Waals surface area contributed by atoms with Gasteiger partial charge in [-0.05, 0) is 61.2 Å². The van der Waals surface area contributed by atoms with Crippen LogP contribution >= 0.6 is 24.4 Å². The molecular formula is C45H68N10O9S2. The number of thiol groups is 1. The first-order chi connectivity index (χ1) is 31.4. The van der Waals surface area contributed by atoms with Gasteiger partial charge in [-0.2, -0.15) is 24.4 Å². The average Bonchev–Trinajstić information content (AvgIpc) is 3.28. The first kappa shape index (κ1) is 56.5. The van der Waals surface area contributed by atoms with Gasteiger partial charge in [-0.3, -0.25) is 43.2 Å². The third-order valence-corrected chi connectivity index (χ3v) is 11.2. The molecule has 66 heavy (non-hydrogen) atoms. The SMILES string of the molecule is CSCC[C@H](NC(=O)[C@H](CC(C)C)NC(=O)CNC(=O)[C@H](Cc1ccccc1)NC(=O)[C@H](Cc1ccccc1)NC(=O)[C@H](CCC(N)=O)NC(=O)CCCCCNC(=O)[C@@H](N)CS)C(N)=O. The first-order valence-corrected chi connectivity index (χ1v) is 24.0. The Balaban J connectivity index is 2.25. The fraction of sp³-hybridized carbons (Fsp3) is 0.533. The first-order valence-electron chi connectivity index (χ1n) is 22.0. The maximum absolute atomic E-state index is 14.2. The number of hydrogen-bond acceptors (Lipinski definition) is 12. The third-order valence-electron chi connectivity index (χ3n) is 10.1. The van der Waals surface area contributed by atoms with Crippen LogP contribution in [0.1, 0.15) is 76.3 Å². The number of amides is 9. The predicted octanol–water partition coefficient (Wildman–Crippen LogP) is -0.504. The van der Waals surface area contributed by atoms with E-state index in [1.807, 2.05) is 20.1 Å². The van der Waals surface area contributed by atoms with Gasteiger partial charge in [0.1, 0.15) is 30.2 Å². The summed E-state index contributed by atoms with van der Waals surface area (Å²) in [5.41, 5.74) is 17.9. The van der Waals surface area contributed by atoms with E-state index in [2.05, 4.69) is 49.8 Å². The van der Waals surface area contributed by atoms with E-state index >= 15 is 0 Å². The van der Waals surface area contributed by atoms with E-state index in [0.717, 1.165) is 0 Å². The van der Waals surface area contributed by atoms with E-state index in [9.17, 15) is 43.2 Å². The number of nitrogens with one attached hydrogen (secondary N) is 7. The van der Waals surface area contributed by atoms with Crippen molar-refractivity contribution in [3.8, 4) is 0 Å². The number of hydrogen-bond donors (Lipinski definition) is 11. The van der Waals surface area contributed by atoms with Crippen molar-refractivity contribution in [1.82, 2.24) is 37.2 Å². The third kappa shape index (κ3) is 23.0. The van der Waals surface area contributed by atoms with E-state index in [1.165, 1.54) is 11.8 Å². The summed E-state index contributed by atoms with van der Waals surface area (Å²) in [4.78, 5) is 117. The van der Waals surface area contributed by atoms with Crippen molar-refractivity contribution >= 4 is 77.6 Å². The Labute approximate surface area is 396 Å². The molecule has 21 heteroatoms. The Morgan fingerprint density at radius 1 is 0.591 bits per heavy atom. The summed E-state index contributed by atoms with van der Waals surface area (Å²) in [5, 5.41) is 18.6. The lowest BCUT2D eigenvalue weighted by Crippen LogP contribution is -2.58. The van der Waals surface area contributed by atoms with E-state index in [-0.39, 0.29) is 56.1 Å². The minimum absolute atomic E-state index is 0.0121. The second-order valence-corrected chi connectivity index (χ2v) is 17.6. The molecule has 0 bridgehead atoms. The molecule has 0 aromatic heterocycles. The molecule has 0 saturated carbocycles. The number of primary amides is 2. The molecule has 13 N–H and O–H groups in total. The molecule has 2 aromatic carbocycles. The van der Waals surface area contributed by atoms with Gasteiger partial charge in [-0.15, -0.1) is 0 Å². The van der Waals surface area contributed by atoms with Gasteiger partial charge < -0.3 is 54.4 Å². The number of carbonyl (C=O) groups is 9. The van der Waals surface area contributed by atoms with Gasteiger partial charge in [0.05, 0.1) is 12.6 Å². The van der Waals surface area contributed by atoms with E-state index in [4.69, 9.17) is 17.2 Å². The summed E-state index contributed by atoms with van der Waals surface area (Å²) in [6.45, 7) is 3.50. The van der Waals surface area contributed by atoms with Gasteiger partial charge in [0, 0.05) is 38.0 Å². The number of thioether (sulfide) groups is 1. The summed E-state index contributed by atoms with van der Waals surface area (Å²) < 4.78 is 0. The molecule has 0 unspecified atom stereocenters. The standard InChI is InChI=1S/C45H68N10O9S2/c1-28(2)23-34(44(63)53-32(40(48)59)20-22-66-3)52-39(58)26-50-42(61)35(24-29-13-7-4-8-14-29)54-45(64)36(25-30-15-9-5-10-16-30)55-43(62)33(18-19-37(47)56)51-38(57)17-11-6-12-21-49-41(60)31(46)27-65/h4-5,7-10,13-16,28,31-36,65H,6,11-12,17-27,46H2,1-3H3,(H2,47,56)(H2,48,59)(H,49,60)(H,50,61)(H,51,57)(H,52,58)(H,53,63)(H,54,64)(H,55,62)/t31-,32-,33-,34-,35-,36-/m0/s1. The molecule has 9 amide bonds. The molecule has 19 nitrogen and oxygen atoms in total. The van der Waals surface area contributed by atoms with Crippen LogP contribution in [0, 0.1) is 5.92 Å². The lowest BCUT2D eigenvalue weighted by molar-refractivity contribution is -0.134. The Hall–Kier alpha value is -5.67. The zero-order valence-corrected chi connectivity index (χ0v) is 39.7. The van der Waals surface area contributed by atoms with Gasteiger partial charge in [0.2, 0.25) is 53.2 Å². The Morgan fingerprint density at radius 3 is 1.65 bits per heavy atom. The normalized spacial score (nSPS) is 13.7. The fourth-order valence-electron chi connectivity index (χ4n) is 6.53. The van der Waals surface area contributed by atoms with Crippen molar-refractivity contribution in [2.24, 2.45) is 23.1 Å². The van der Waals surface area contributed by atoms with Crippen molar-refractivity contribution in [1.29, 1.82) is 0 Å². The van der Waals surface area contributed by atoms with Crippen molar-refractivity contribution in [2.45, 2.75) is 114 Å². The van der Waals surface area contributed by atoms with Gasteiger partial charge >= 0.3 is 0 Å². The Bertz CT molecular complexity index is 1900. The second-order valence-electron chi connectivity index (χ2n) is 16.2.